The number of hydrogen-bond donors (Lipinski definition) is 3. The molecule has 1 saturated carbocycles. The second-order valence-electron chi connectivity index (χ2n) is 6.89. The molecule has 1 saturated heterocycles. The van der Waals surface area contributed by atoms with Gasteiger partial charge in [0.1, 0.15) is 18.1 Å². The third-order valence-electron chi connectivity index (χ3n) is 4.34. The predicted octanol–water partition coefficient (Wildman–Crippen LogP) is 0.322. The number of aliphatic carboxylic acids is 1. The van der Waals surface area contributed by atoms with Crippen LogP contribution in [0.4, 0.5) is 4.79 Å². The Morgan fingerprint density at radius 3 is 2.48 bits per heavy atom. The predicted molar refractivity (Wildman–Crippen MR) is 80.4 cm³/mol. The van der Waals surface area contributed by atoms with Gasteiger partial charge in [0, 0.05) is 0 Å². The van der Waals surface area contributed by atoms with Gasteiger partial charge in [-0.25, -0.2) is 9.59 Å². The first-order valence-corrected chi connectivity index (χ1v) is 7.81. The molecule has 2 unspecified atom stereocenters. The summed E-state index contributed by atoms with van der Waals surface area (Å²) in [5, 5.41) is 14.1. The van der Waals surface area contributed by atoms with E-state index in [1.165, 1.54) is 0 Å². The van der Waals surface area contributed by atoms with Crippen LogP contribution in [0.25, 0.3) is 0 Å². The molecule has 1 aliphatic heterocycles. The lowest BCUT2D eigenvalue weighted by Crippen LogP contribution is -2.49. The summed E-state index contributed by atoms with van der Waals surface area (Å²) in [5.74, 6) is -2.00. The molecule has 0 radical (unpaired) electrons. The highest BCUT2D eigenvalue weighted by Gasteiger charge is 2.56. The zero-order chi connectivity index (χ0) is 17.4. The van der Waals surface area contributed by atoms with Crippen molar-refractivity contribution < 1.29 is 24.3 Å². The highest BCUT2D eigenvalue weighted by atomic mass is 16.4. The van der Waals surface area contributed by atoms with Crippen molar-refractivity contribution in [3.8, 4) is 0 Å². The minimum absolute atomic E-state index is 0.0891. The number of carbonyl (C=O) groups excluding carboxylic acids is 3. The Morgan fingerprint density at radius 1 is 1.39 bits per heavy atom. The van der Waals surface area contributed by atoms with E-state index in [4.69, 9.17) is 5.11 Å². The molecule has 1 aliphatic carbocycles. The fraction of sp³-hybridized carbons (Fsp3) is 0.733. The molecule has 0 aromatic heterocycles. The van der Waals surface area contributed by atoms with Gasteiger partial charge in [-0.15, -0.1) is 0 Å². The summed E-state index contributed by atoms with van der Waals surface area (Å²) in [7, 11) is 0. The molecule has 0 aromatic carbocycles. The largest absolute Gasteiger partial charge is 0.480 e. The average Bonchev–Trinajstić information content (AvgIpc) is 3.24. The maximum absolute atomic E-state index is 12.4. The molecule has 0 aromatic rings. The van der Waals surface area contributed by atoms with Crippen molar-refractivity contribution in [3.63, 3.8) is 0 Å². The molecule has 8 heteroatoms. The molecule has 23 heavy (non-hydrogen) atoms. The molecule has 2 rings (SSSR count). The minimum Gasteiger partial charge on any atom is -0.480 e. The SMILES string of the molecule is CC(C)CC(NC(=O)CN1C(=O)NC(C)(C2CC2)C1=O)C(=O)O. The topological polar surface area (TPSA) is 116 Å². The van der Waals surface area contributed by atoms with Crippen LogP contribution in [0.2, 0.25) is 0 Å². The molecule has 128 valence electrons. The Labute approximate surface area is 134 Å². The molecule has 2 aliphatic rings. The average molecular weight is 325 g/mol. The van der Waals surface area contributed by atoms with Crippen LogP contribution >= 0.6 is 0 Å². The van der Waals surface area contributed by atoms with Crippen molar-refractivity contribution in [2.75, 3.05) is 6.54 Å². The fourth-order valence-corrected chi connectivity index (χ4v) is 2.87. The molecule has 0 bridgehead atoms. The van der Waals surface area contributed by atoms with Crippen LogP contribution in [-0.4, -0.2) is 51.9 Å². The Morgan fingerprint density at radius 2 is 2.00 bits per heavy atom. The molecule has 4 amide bonds. The Kier molecular flexibility index (Phi) is 4.63. The van der Waals surface area contributed by atoms with Gasteiger partial charge in [-0.3, -0.25) is 14.5 Å². The number of nitrogens with zero attached hydrogens (tertiary/aromatic N) is 1. The van der Waals surface area contributed by atoms with Crippen molar-refractivity contribution in [2.24, 2.45) is 11.8 Å². The van der Waals surface area contributed by atoms with E-state index >= 15 is 0 Å². The number of imide groups is 1. The van der Waals surface area contributed by atoms with Gasteiger partial charge in [0.15, 0.2) is 0 Å². The van der Waals surface area contributed by atoms with E-state index in [9.17, 15) is 19.2 Å². The van der Waals surface area contributed by atoms with Gasteiger partial charge in [0.25, 0.3) is 5.91 Å². The van der Waals surface area contributed by atoms with Gasteiger partial charge < -0.3 is 15.7 Å². The smallest absolute Gasteiger partial charge is 0.326 e. The number of carbonyl (C=O) groups is 4. The van der Waals surface area contributed by atoms with Crippen LogP contribution < -0.4 is 10.6 Å². The maximum atomic E-state index is 12.4. The number of nitrogens with one attached hydrogen (secondary N) is 2. The molecule has 3 N–H and O–H groups in total. The minimum atomic E-state index is -1.13. The lowest BCUT2D eigenvalue weighted by atomic mass is 9.96. The zero-order valence-electron chi connectivity index (χ0n) is 13.6. The first-order valence-electron chi connectivity index (χ1n) is 7.81. The second-order valence-corrected chi connectivity index (χ2v) is 6.89. The summed E-state index contributed by atoms with van der Waals surface area (Å²) in [6.07, 6.45) is 2.02. The third kappa shape index (κ3) is 3.62. The third-order valence-corrected chi connectivity index (χ3v) is 4.34. The first-order chi connectivity index (χ1) is 10.6. The molecular formula is C15H23N3O5. The normalized spacial score (nSPS) is 25.5. The standard InChI is InChI=1S/C15H23N3O5/c1-8(2)6-10(12(20)21)16-11(19)7-18-13(22)15(3,9-4-5-9)17-14(18)23/h8-10H,4-7H2,1-3H3,(H,16,19)(H,17,23)(H,20,21). The summed E-state index contributed by atoms with van der Waals surface area (Å²) in [4.78, 5) is 48.4. The Bertz CT molecular complexity index is 543. The summed E-state index contributed by atoms with van der Waals surface area (Å²) in [5.41, 5.74) is -0.943. The van der Waals surface area contributed by atoms with E-state index in [-0.39, 0.29) is 18.3 Å². The molecule has 2 atom stereocenters. The van der Waals surface area contributed by atoms with E-state index in [1.54, 1.807) is 6.92 Å². The number of carboxylic acid groups (broad SMARTS) is 1. The number of carboxylic acids is 1. The molecule has 8 nitrogen and oxygen atoms in total. The van der Waals surface area contributed by atoms with E-state index in [1.807, 2.05) is 13.8 Å². The maximum Gasteiger partial charge on any atom is 0.326 e. The van der Waals surface area contributed by atoms with Gasteiger partial charge >= 0.3 is 12.0 Å². The Balaban J connectivity index is 1.98. The molecule has 1 heterocycles. The number of hydrogen-bond acceptors (Lipinski definition) is 4. The van der Waals surface area contributed by atoms with Gasteiger partial charge in [-0.2, -0.15) is 0 Å². The highest BCUT2D eigenvalue weighted by Crippen LogP contribution is 2.42. The lowest BCUT2D eigenvalue weighted by Gasteiger charge is -2.21. The number of rotatable bonds is 7. The summed E-state index contributed by atoms with van der Waals surface area (Å²) < 4.78 is 0. The molecule has 2 fully saturated rings. The lowest BCUT2D eigenvalue weighted by molar-refractivity contribution is -0.142. The first kappa shape index (κ1) is 17.2. The Hall–Kier alpha value is -2.12. The van der Waals surface area contributed by atoms with E-state index in [2.05, 4.69) is 10.6 Å². The summed E-state index contributed by atoms with van der Waals surface area (Å²) >= 11 is 0. The number of amides is 4. The van der Waals surface area contributed by atoms with Gasteiger partial charge in [0.2, 0.25) is 5.91 Å². The van der Waals surface area contributed by atoms with Crippen molar-refractivity contribution in [2.45, 2.75) is 51.6 Å². The van der Waals surface area contributed by atoms with Gasteiger partial charge in [-0.05, 0) is 38.0 Å². The van der Waals surface area contributed by atoms with Crippen molar-refractivity contribution in [1.82, 2.24) is 15.5 Å². The van der Waals surface area contributed by atoms with Crippen LogP contribution in [0, 0.1) is 11.8 Å². The van der Waals surface area contributed by atoms with E-state index in [0.29, 0.717) is 0 Å². The van der Waals surface area contributed by atoms with Crippen molar-refractivity contribution in [3.05, 3.63) is 0 Å². The van der Waals surface area contributed by atoms with Crippen LogP contribution in [-0.2, 0) is 14.4 Å². The van der Waals surface area contributed by atoms with Crippen LogP contribution in [0.15, 0.2) is 0 Å². The summed E-state index contributed by atoms with van der Waals surface area (Å²) in [6, 6.07) is -1.63. The van der Waals surface area contributed by atoms with E-state index in [0.717, 1.165) is 17.7 Å². The van der Waals surface area contributed by atoms with Gasteiger partial charge in [-0.1, -0.05) is 13.8 Å². The van der Waals surface area contributed by atoms with Crippen LogP contribution in [0.5, 0.6) is 0 Å². The summed E-state index contributed by atoms with van der Waals surface area (Å²) in [6.45, 7) is 4.90. The van der Waals surface area contributed by atoms with Gasteiger partial charge in [0.05, 0.1) is 0 Å². The molecular weight excluding hydrogens is 302 g/mol. The van der Waals surface area contributed by atoms with E-state index < -0.39 is 41.9 Å². The monoisotopic (exact) mass is 325 g/mol. The van der Waals surface area contributed by atoms with Crippen LogP contribution in [0.1, 0.15) is 40.0 Å². The zero-order valence-corrected chi connectivity index (χ0v) is 13.6. The number of urea groups is 1. The molecule has 0 spiro atoms. The van der Waals surface area contributed by atoms with Crippen LogP contribution in [0.3, 0.4) is 0 Å². The quantitative estimate of drug-likeness (QED) is 0.583. The fourth-order valence-electron chi connectivity index (χ4n) is 2.87. The second kappa shape index (κ2) is 6.17. The highest BCUT2D eigenvalue weighted by molar-refractivity contribution is 6.09. The van der Waals surface area contributed by atoms with Crippen molar-refractivity contribution in [1.29, 1.82) is 0 Å². The van der Waals surface area contributed by atoms with Crippen molar-refractivity contribution >= 4 is 23.8 Å².